The minimum absolute atomic E-state index is 0.216. The van der Waals surface area contributed by atoms with Crippen LogP contribution in [0, 0.1) is 13.8 Å². The largest absolute Gasteiger partial charge is 0.452 e. The van der Waals surface area contributed by atoms with E-state index in [1.165, 1.54) is 0 Å². The van der Waals surface area contributed by atoms with Crippen LogP contribution in [-0.2, 0) is 9.53 Å². The zero-order valence-corrected chi connectivity index (χ0v) is 15.3. The van der Waals surface area contributed by atoms with Gasteiger partial charge in [0.1, 0.15) is 0 Å². The van der Waals surface area contributed by atoms with Crippen molar-refractivity contribution < 1.29 is 19.1 Å². The Morgan fingerprint density at radius 3 is 2.31 bits per heavy atom. The van der Waals surface area contributed by atoms with Crippen molar-refractivity contribution in [3.8, 4) is 0 Å². The van der Waals surface area contributed by atoms with E-state index in [0.29, 0.717) is 11.1 Å². The molecule has 0 fully saturated rings. The van der Waals surface area contributed by atoms with Crippen molar-refractivity contribution in [3.63, 3.8) is 0 Å². The van der Waals surface area contributed by atoms with Gasteiger partial charge in [0.25, 0.3) is 11.8 Å². The van der Waals surface area contributed by atoms with Crippen LogP contribution in [0.15, 0.2) is 36.4 Å². The first-order valence-electron chi connectivity index (χ1n) is 8.31. The molecule has 0 bridgehead atoms. The summed E-state index contributed by atoms with van der Waals surface area (Å²) < 4.78 is 7.07. The number of carbonyl (C=O) groups excluding carboxylic acids is 3. The van der Waals surface area contributed by atoms with Crippen LogP contribution in [-0.4, -0.2) is 29.0 Å². The van der Waals surface area contributed by atoms with E-state index in [2.05, 4.69) is 10.9 Å². The molecule has 1 heterocycles. The number of nitrogens with zero attached hydrogens (tertiary/aromatic N) is 1. The average molecular weight is 357 g/mol. The minimum Gasteiger partial charge on any atom is -0.452 e. The molecule has 0 aliphatic rings. The molecule has 0 saturated carbocycles. The maximum atomic E-state index is 12.2. The quantitative estimate of drug-likeness (QED) is 0.635. The molecule has 0 aliphatic carbocycles. The topological polar surface area (TPSA) is 89.4 Å². The minimum atomic E-state index is -0.625. The van der Waals surface area contributed by atoms with Crippen LogP contribution in [0.2, 0.25) is 0 Å². The summed E-state index contributed by atoms with van der Waals surface area (Å²) in [6.45, 7) is 7.31. The molecule has 26 heavy (non-hydrogen) atoms. The van der Waals surface area contributed by atoms with Crippen molar-refractivity contribution >= 4 is 17.8 Å². The Kier molecular flexibility index (Phi) is 6.16. The molecule has 0 spiro atoms. The summed E-state index contributed by atoms with van der Waals surface area (Å²) in [6, 6.07) is 10.4. The third kappa shape index (κ3) is 4.50. The Labute approximate surface area is 152 Å². The highest BCUT2D eigenvalue weighted by atomic mass is 16.5. The molecule has 7 heteroatoms. The molecular formula is C19H23N3O4. The molecule has 0 radical (unpaired) electrons. The second kappa shape index (κ2) is 8.33. The molecule has 1 aromatic heterocycles. The molecule has 2 amide bonds. The van der Waals surface area contributed by atoms with Gasteiger partial charge in [-0.3, -0.25) is 20.4 Å². The number of rotatable bonds is 5. The van der Waals surface area contributed by atoms with E-state index in [-0.39, 0.29) is 6.04 Å². The number of carbonyl (C=O) groups is 3. The van der Waals surface area contributed by atoms with Gasteiger partial charge in [-0.05, 0) is 45.9 Å². The fraction of sp³-hybridized carbons (Fsp3) is 0.316. The van der Waals surface area contributed by atoms with Crippen molar-refractivity contribution in [2.75, 3.05) is 6.61 Å². The first kappa shape index (κ1) is 19.2. The smallest absolute Gasteiger partial charge is 0.340 e. The van der Waals surface area contributed by atoms with Crippen LogP contribution >= 0.6 is 0 Å². The summed E-state index contributed by atoms with van der Waals surface area (Å²) in [7, 11) is 0. The summed E-state index contributed by atoms with van der Waals surface area (Å²) in [5, 5.41) is 0. The van der Waals surface area contributed by atoms with Crippen LogP contribution < -0.4 is 10.9 Å². The number of hydrogen-bond donors (Lipinski definition) is 2. The van der Waals surface area contributed by atoms with E-state index in [9.17, 15) is 14.4 Å². The van der Waals surface area contributed by atoms with Crippen LogP contribution in [0.25, 0.3) is 0 Å². The number of hydrogen-bond acceptors (Lipinski definition) is 4. The Morgan fingerprint density at radius 1 is 1.08 bits per heavy atom. The Morgan fingerprint density at radius 2 is 1.73 bits per heavy atom. The van der Waals surface area contributed by atoms with E-state index in [4.69, 9.17) is 4.74 Å². The summed E-state index contributed by atoms with van der Waals surface area (Å²) in [4.78, 5) is 35.8. The van der Waals surface area contributed by atoms with Gasteiger partial charge in [-0.25, -0.2) is 4.79 Å². The van der Waals surface area contributed by atoms with E-state index in [1.54, 1.807) is 36.4 Å². The fourth-order valence-corrected chi connectivity index (χ4v) is 2.81. The number of aromatic nitrogens is 1. The predicted octanol–water partition coefficient (Wildman–Crippen LogP) is 2.30. The van der Waals surface area contributed by atoms with Gasteiger partial charge in [0.15, 0.2) is 6.61 Å². The lowest BCUT2D eigenvalue weighted by Crippen LogP contribution is -2.43. The zero-order valence-electron chi connectivity index (χ0n) is 15.3. The third-order valence-electron chi connectivity index (χ3n) is 3.91. The predicted molar refractivity (Wildman–Crippen MR) is 96.6 cm³/mol. The van der Waals surface area contributed by atoms with E-state index >= 15 is 0 Å². The van der Waals surface area contributed by atoms with Gasteiger partial charge < -0.3 is 9.30 Å². The van der Waals surface area contributed by atoms with Gasteiger partial charge in [-0.15, -0.1) is 0 Å². The molecule has 0 saturated heterocycles. The van der Waals surface area contributed by atoms with Crippen LogP contribution in [0.1, 0.15) is 52.0 Å². The van der Waals surface area contributed by atoms with Gasteiger partial charge in [0, 0.05) is 23.0 Å². The number of amides is 2. The first-order chi connectivity index (χ1) is 12.3. The SMILES string of the molecule is Cc1cc(C(=O)OCC(=O)NNC(=O)c2ccccc2)c(C)n1C(C)C. The molecule has 0 atom stereocenters. The van der Waals surface area contributed by atoms with Gasteiger partial charge >= 0.3 is 5.97 Å². The van der Waals surface area contributed by atoms with Gasteiger partial charge in [0.2, 0.25) is 0 Å². The second-order valence-electron chi connectivity index (χ2n) is 6.19. The lowest BCUT2D eigenvalue weighted by molar-refractivity contribution is -0.125. The number of nitrogens with one attached hydrogen (secondary N) is 2. The zero-order chi connectivity index (χ0) is 19.3. The molecule has 7 nitrogen and oxygen atoms in total. The van der Waals surface area contributed by atoms with Gasteiger partial charge in [-0.2, -0.15) is 0 Å². The fourth-order valence-electron chi connectivity index (χ4n) is 2.81. The van der Waals surface area contributed by atoms with Crippen LogP contribution in [0.5, 0.6) is 0 Å². The molecule has 0 aliphatic heterocycles. The second-order valence-corrected chi connectivity index (χ2v) is 6.19. The lowest BCUT2D eigenvalue weighted by atomic mass is 10.2. The highest BCUT2D eigenvalue weighted by Crippen LogP contribution is 2.20. The summed E-state index contributed by atoms with van der Waals surface area (Å²) in [5.41, 5.74) is 7.06. The summed E-state index contributed by atoms with van der Waals surface area (Å²) in [5.74, 6) is -1.65. The molecule has 0 unspecified atom stereocenters. The Bertz CT molecular complexity index is 810. The van der Waals surface area contributed by atoms with Crippen molar-refractivity contribution in [3.05, 3.63) is 58.9 Å². The van der Waals surface area contributed by atoms with Crippen molar-refractivity contribution in [2.24, 2.45) is 0 Å². The number of benzene rings is 1. The van der Waals surface area contributed by atoms with Crippen molar-refractivity contribution in [2.45, 2.75) is 33.7 Å². The summed E-state index contributed by atoms with van der Waals surface area (Å²) in [6.07, 6.45) is 0. The first-order valence-corrected chi connectivity index (χ1v) is 8.31. The molecule has 1 aromatic carbocycles. The van der Waals surface area contributed by atoms with Gasteiger partial charge in [0.05, 0.1) is 5.56 Å². The molecule has 138 valence electrons. The highest BCUT2D eigenvalue weighted by molar-refractivity contribution is 5.96. The van der Waals surface area contributed by atoms with E-state index < -0.39 is 24.4 Å². The van der Waals surface area contributed by atoms with E-state index in [0.717, 1.165) is 11.4 Å². The highest BCUT2D eigenvalue weighted by Gasteiger charge is 2.19. The molecule has 2 N–H and O–H groups in total. The standard InChI is InChI=1S/C19H23N3O4/c1-12(2)22-13(3)10-16(14(22)4)19(25)26-11-17(23)20-21-18(24)15-8-6-5-7-9-15/h5-10,12H,11H2,1-4H3,(H,20,23)(H,21,24). The van der Waals surface area contributed by atoms with Crippen molar-refractivity contribution in [1.82, 2.24) is 15.4 Å². The maximum absolute atomic E-state index is 12.2. The van der Waals surface area contributed by atoms with Gasteiger partial charge in [-0.1, -0.05) is 18.2 Å². The van der Waals surface area contributed by atoms with Crippen LogP contribution in [0.3, 0.4) is 0 Å². The monoisotopic (exact) mass is 357 g/mol. The lowest BCUT2D eigenvalue weighted by Gasteiger charge is -2.13. The van der Waals surface area contributed by atoms with E-state index in [1.807, 2.05) is 32.3 Å². The molecule has 2 rings (SSSR count). The molecular weight excluding hydrogens is 334 g/mol. The molecule has 2 aromatic rings. The number of ether oxygens (including phenoxy) is 1. The average Bonchev–Trinajstić information content (AvgIpc) is 2.92. The Hall–Kier alpha value is -3.09. The normalized spacial score (nSPS) is 10.5. The van der Waals surface area contributed by atoms with Crippen molar-refractivity contribution in [1.29, 1.82) is 0 Å². The Balaban J connectivity index is 1.87. The number of esters is 1. The summed E-state index contributed by atoms with van der Waals surface area (Å²) >= 11 is 0. The number of hydrazine groups is 1. The maximum Gasteiger partial charge on any atom is 0.340 e. The number of aryl methyl sites for hydroxylation is 1. The third-order valence-corrected chi connectivity index (χ3v) is 3.91. The van der Waals surface area contributed by atoms with Crippen LogP contribution in [0.4, 0.5) is 0 Å².